The van der Waals surface area contributed by atoms with E-state index in [1.807, 2.05) is 14.0 Å². The molecule has 94 valence electrons. The minimum Gasteiger partial charge on any atom is -0.466 e. The zero-order valence-electron chi connectivity index (χ0n) is 10.3. The molecule has 1 rings (SSSR count). The van der Waals surface area contributed by atoms with E-state index in [4.69, 9.17) is 4.74 Å². The number of likely N-dealkylation sites (N-methyl/N-ethyl adjacent to an activating group) is 1. The molecule has 0 aromatic rings. The molecule has 16 heavy (non-hydrogen) atoms. The van der Waals surface area contributed by atoms with E-state index in [0.29, 0.717) is 19.6 Å². The van der Waals surface area contributed by atoms with Crippen LogP contribution in [0, 0.1) is 0 Å². The Kier molecular flexibility index (Phi) is 5.77. The number of aliphatic hydroxyl groups excluding tert-OH is 1. The van der Waals surface area contributed by atoms with Crippen LogP contribution >= 0.6 is 0 Å². The zero-order valence-corrected chi connectivity index (χ0v) is 10.3. The second-order valence-corrected chi connectivity index (χ2v) is 4.45. The van der Waals surface area contributed by atoms with Crippen molar-refractivity contribution in [2.75, 3.05) is 20.2 Å². The van der Waals surface area contributed by atoms with Crippen molar-refractivity contribution in [3.8, 4) is 0 Å². The van der Waals surface area contributed by atoms with E-state index in [1.165, 1.54) is 6.42 Å². The van der Waals surface area contributed by atoms with Gasteiger partial charge in [0.1, 0.15) is 0 Å². The largest absolute Gasteiger partial charge is 0.466 e. The second-order valence-electron chi connectivity index (χ2n) is 4.45. The summed E-state index contributed by atoms with van der Waals surface area (Å²) >= 11 is 0. The van der Waals surface area contributed by atoms with Crippen LogP contribution in [0.2, 0.25) is 0 Å². The molecule has 0 radical (unpaired) electrons. The first-order valence-electron chi connectivity index (χ1n) is 6.19. The summed E-state index contributed by atoms with van der Waals surface area (Å²) in [6.07, 6.45) is 4.37. The van der Waals surface area contributed by atoms with Gasteiger partial charge in [-0.05, 0) is 26.8 Å². The van der Waals surface area contributed by atoms with Gasteiger partial charge in [0.15, 0.2) is 0 Å². The maximum absolute atomic E-state index is 11.2. The standard InChI is InChI=1S/C12H23NO3/c1-3-16-12(15)8-9-13(2)10-6-4-5-7-11(10)14/h10-11,14H,3-9H2,1-2H3. The Morgan fingerprint density at radius 3 is 2.75 bits per heavy atom. The molecule has 1 aliphatic rings. The average molecular weight is 229 g/mol. The van der Waals surface area contributed by atoms with E-state index in [2.05, 4.69) is 4.90 Å². The summed E-state index contributed by atoms with van der Waals surface area (Å²) in [5, 5.41) is 9.85. The Labute approximate surface area is 97.6 Å². The minimum atomic E-state index is -0.235. The fourth-order valence-electron chi connectivity index (χ4n) is 2.27. The molecule has 2 unspecified atom stereocenters. The number of hydrogen-bond acceptors (Lipinski definition) is 4. The number of rotatable bonds is 5. The van der Waals surface area contributed by atoms with Gasteiger partial charge in [-0.15, -0.1) is 0 Å². The summed E-state index contributed by atoms with van der Waals surface area (Å²) in [6, 6.07) is 0.211. The topological polar surface area (TPSA) is 49.8 Å². The molecule has 0 amide bonds. The second kappa shape index (κ2) is 6.86. The average Bonchev–Trinajstić information content (AvgIpc) is 2.27. The molecule has 1 saturated carbocycles. The number of aliphatic hydroxyl groups is 1. The van der Waals surface area contributed by atoms with Gasteiger partial charge in [0.05, 0.1) is 19.1 Å². The molecule has 2 atom stereocenters. The van der Waals surface area contributed by atoms with Crippen LogP contribution in [-0.4, -0.2) is 48.3 Å². The van der Waals surface area contributed by atoms with Gasteiger partial charge in [0.2, 0.25) is 0 Å². The van der Waals surface area contributed by atoms with E-state index in [0.717, 1.165) is 19.3 Å². The quantitative estimate of drug-likeness (QED) is 0.719. The molecule has 4 nitrogen and oxygen atoms in total. The molecule has 0 aromatic heterocycles. The minimum absolute atomic E-state index is 0.153. The normalized spacial score (nSPS) is 25.8. The molecule has 0 aromatic carbocycles. The molecule has 0 heterocycles. The van der Waals surface area contributed by atoms with Crippen LogP contribution in [0.3, 0.4) is 0 Å². The number of esters is 1. The van der Waals surface area contributed by atoms with Crippen LogP contribution < -0.4 is 0 Å². The van der Waals surface area contributed by atoms with Crippen molar-refractivity contribution < 1.29 is 14.6 Å². The summed E-state index contributed by atoms with van der Waals surface area (Å²) in [4.78, 5) is 13.3. The van der Waals surface area contributed by atoms with Crippen molar-refractivity contribution in [2.45, 2.75) is 51.2 Å². The highest BCUT2D eigenvalue weighted by molar-refractivity contribution is 5.69. The lowest BCUT2D eigenvalue weighted by molar-refractivity contribution is -0.143. The van der Waals surface area contributed by atoms with Gasteiger partial charge in [-0.2, -0.15) is 0 Å². The zero-order chi connectivity index (χ0) is 12.0. The molecular formula is C12H23NO3. The Hall–Kier alpha value is -0.610. The van der Waals surface area contributed by atoms with E-state index in [1.54, 1.807) is 0 Å². The summed E-state index contributed by atoms with van der Waals surface area (Å²) in [7, 11) is 1.97. The molecule has 4 heteroatoms. The summed E-state index contributed by atoms with van der Waals surface area (Å²) in [5.41, 5.74) is 0. The monoisotopic (exact) mass is 229 g/mol. The molecule has 0 aliphatic heterocycles. The highest BCUT2D eigenvalue weighted by Crippen LogP contribution is 2.22. The predicted octanol–water partition coefficient (Wildman–Crippen LogP) is 1.17. The van der Waals surface area contributed by atoms with Crippen LogP contribution in [0.5, 0.6) is 0 Å². The van der Waals surface area contributed by atoms with Crippen molar-refractivity contribution in [3.05, 3.63) is 0 Å². The highest BCUT2D eigenvalue weighted by Gasteiger charge is 2.26. The fraction of sp³-hybridized carbons (Fsp3) is 0.917. The molecule has 0 bridgehead atoms. The van der Waals surface area contributed by atoms with Crippen molar-refractivity contribution in [1.29, 1.82) is 0 Å². The van der Waals surface area contributed by atoms with Crippen LogP contribution in [-0.2, 0) is 9.53 Å². The third kappa shape index (κ3) is 4.10. The summed E-state index contributed by atoms with van der Waals surface area (Å²) in [5.74, 6) is -0.153. The third-order valence-corrected chi connectivity index (χ3v) is 3.23. The number of ether oxygens (including phenoxy) is 1. The summed E-state index contributed by atoms with van der Waals surface area (Å²) < 4.78 is 4.88. The molecule has 0 spiro atoms. The van der Waals surface area contributed by atoms with Gasteiger partial charge in [-0.25, -0.2) is 0 Å². The smallest absolute Gasteiger partial charge is 0.307 e. The highest BCUT2D eigenvalue weighted by atomic mass is 16.5. The van der Waals surface area contributed by atoms with E-state index < -0.39 is 0 Å². The van der Waals surface area contributed by atoms with Gasteiger partial charge in [-0.3, -0.25) is 4.79 Å². The van der Waals surface area contributed by atoms with Gasteiger partial charge in [0.25, 0.3) is 0 Å². The Balaban J connectivity index is 2.27. The predicted molar refractivity (Wildman–Crippen MR) is 62.1 cm³/mol. The number of hydrogen-bond donors (Lipinski definition) is 1. The molecular weight excluding hydrogens is 206 g/mol. The number of carbonyl (C=O) groups excluding carboxylic acids is 1. The van der Waals surface area contributed by atoms with Crippen LogP contribution in [0.15, 0.2) is 0 Å². The third-order valence-electron chi connectivity index (χ3n) is 3.23. The van der Waals surface area contributed by atoms with Crippen molar-refractivity contribution in [2.24, 2.45) is 0 Å². The van der Waals surface area contributed by atoms with Crippen LogP contribution in [0.1, 0.15) is 39.0 Å². The van der Waals surface area contributed by atoms with Crippen LogP contribution in [0.4, 0.5) is 0 Å². The lowest BCUT2D eigenvalue weighted by atomic mass is 9.91. The van der Waals surface area contributed by atoms with Gasteiger partial charge >= 0.3 is 5.97 Å². The first kappa shape index (κ1) is 13.5. The Bertz CT molecular complexity index is 220. The number of nitrogens with zero attached hydrogens (tertiary/aromatic N) is 1. The first-order valence-corrected chi connectivity index (χ1v) is 6.19. The van der Waals surface area contributed by atoms with Gasteiger partial charge in [0, 0.05) is 12.6 Å². The molecule has 1 aliphatic carbocycles. The van der Waals surface area contributed by atoms with E-state index in [9.17, 15) is 9.90 Å². The van der Waals surface area contributed by atoms with Crippen molar-refractivity contribution in [1.82, 2.24) is 4.90 Å². The van der Waals surface area contributed by atoms with E-state index in [-0.39, 0.29) is 18.1 Å². The lowest BCUT2D eigenvalue weighted by Gasteiger charge is -2.35. The maximum atomic E-state index is 11.2. The van der Waals surface area contributed by atoms with Crippen molar-refractivity contribution >= 4 is 5.97 Å². The summed E-state index contributed by atoms with van der Waals surface area (Å²) in [6.45, 7) is 2.92. The Morgan fingerprint density at radius 2 is 2.12 bits per heavy atom. The van der Waals surface area contributed by atoms with Crippen molar-refractivity contribution in [3.63, 3.8) is 0 Å². The van der Waals surface area contributed by atoms with E-state index >= 15 is 0 Å². The van der Waals surface area contributed by atoms with Gasteiger partial charge in [-0.1, -0.05) is 12.8 Å². The molecule has 0 saturated heterocycles. The SMILES string of the molecule is CCOC(=O)CCN(C)C1CCCCC1O. The maximum Gasteiger partial charge on any atom is 0.307 e. The molecule has 1 N–H and O–H groups in total. The van der Waals surface area contributed by atoms with Gasteiger partial charge < -0.3 is 14.7 Å². The molecule has 1 fully saturated rings. The lowest BCUT2D eigenvalue weighted by Crippen LogP contribution is -2.44. The first-order chi connectivity index (χ1) is 7.65. The number of carbonyl (C=O) groups is 1. The van der Waals surface area contributed by atoms with Crippen LogP contribution in [0.25, 0.3) is 0 Å². The Morgan fingerprint density at radius 1 is 1.44 bits per heavy atom. The fourth-order valence-corrected chi connectivity index (χ4v) is 2.27.